The molecule has 9 nitrogen and oxygen atoms in total. The third-order valence-electron chi connectivity index (χ3n) is 10.1. The fourth-order valence-corrected chi connectivity index (χ4v) is 8.04. The van der Waals surface area contributed by atoms with Crippen LogP contribution in [0.15, 0.2) is 58.1 Å². The van der Waals surface area contributed by atoms with Crippen molar-refractivity contribution in [3.05, 3.63) is 97.4 Å². The van der Waals surface area contributed by atoms with E-state index in [1.807, 2.05) is 75.9 Å². The van der Waals surface area contributed by atoms with E-state index in [0.29, 0.717) is 48.1 Å². The Labute approximate surface area is 314 Å². The van der Waals surface area contributed by atoms with Crippen LogP contribution < -0.4 is 15.4 Å². The molecule has 2 aromatic heterocycles. The molecule has 0 fully saturated rings. The number of nitrogens with zero attached hydrogens (tertiary/aromatic N) is 5. The van der Waals surface area contributed by atoms with Crippen LogP contribution in [-0.4, -0.2) is 53.6 Å². The number of fused-ring (bicyclic) bond motifs is 4. The predicted octanol–water partition coefficient (Wildman–Crippen LogP) is 9.22. The van der Waals surface area contributed by atoms with Crippen molar-refractivity contribution in [2.75, 3.05) is 25.1 Å². The van der Waals surface area contributed by atoms with E-state index in [1.54, 1.807) is 24.7 Å². The number of aliphatic imine (C=N–C) groups is 2. The maximum atomic E-state index is 15.1. The normalized spacial score (nSPS) is 15.3. The number of primary amides is 1. The average molecular weight is 740 g/mol. The molecule has 0 unspecified atom stereocenters. The summed E-state index contributed by atoms with van der Waals surface area (Å²) in [6.07, 6.45) is 1.21. The van der Waals surface area contributed by atoms with E-state index >= 15 is 4.79 Å². The number of halogens is 2. The molecule has 0 radical (unpaired) electrons. The first kappa shape index (κ1) is 36.9. The van der Waals surface area contributed by atoms with Gasteiger partial charge in [-0.15, -0.1) is 0 Å². The number of allylic oxidation sites excluding steroid dienone is 2. The highest BCUT2D eigenvalue weighted by Gasteiger charge is 2.37. The molecule has 1 atom stereocenters. The number of carbonyl (C=O) groups is 2. The number of benzene rings is 3. The smallest absolute Gasteiger partial charge is 0.275 e. The number of hydrogen-bond acceptors (Lipinski definition) is 5. The SMILES string of the molecule is C=N/C(C)=C(\C(C)=N/C)c1c(Cl)ccc2c(CCCOc3cc(C)c(Cl)c(C)c3)c3n(c12)[C@H](C)CN(c1cc(C)cc2cc(C(N)=O)n(C)c12)C3=O. The van der Waals surface area contributed by atoms with Gasteiger partial charge in [0.05, 0.1) is 28.4 Å². The molecule has 0 bridgehead atoms. The van der Waals surface area contributed by atoms with E-state index in [9.17, 15) is 4.79 Å². The molecule has 1 aliphatic heterocycles. The summed E-state index contributed by atoms with van der Waals surface area (Å²) in [5.74, 6) is 0.0820. The number of carbonyl (C=O) groups excluding carboxylic acids is 2. The van der Waals surface area contributed by atoms with Crippen LogP contribution in [0.25, 0.3) is 27.4 Å². The number of aryl methyl sites for hydroxylation is 5. The molecule has 11 heteroatoms. The van der Waals surface area contributed by atoms with E-state index in [2.05, 4.69) is 28.2 Å². The maximum Gasteiger partial charge on any atom is 0.275 e. The van der Waals surface area contributed by atoms with Crippen LogP contribution in [0.4, 0.5) is 5.69 Å². The van der Waals surface area contributed by atoms with Crippen LogP contribution in [0.2, 0.25) is 10.0 Å². The van der Waals surface area contributed by atoms with Gasteiger partial charge in [-0.2, -0.15) is 0 Å². The third kappa shape index (κ3) is 6.20. The summed E-state index contributed by atoms with van der Waals surface area (Å²) in [6, 6.07) is 13.4. The van der Waals surface area contributed by atoms with Gasteiger partial charge in [-0.3, -0.25) is 19.6 Å². The molecular weight excluding hydrogens is 695 g/mol. The van der Waals surface area contributed by atoms with Crippen molar-refractivity contribution in [1.29, 1.82) is 0 Å². The Morgan fingerprint density at radius 2 is 1.75 bits per heavy atom. The Hall–Kier alpha value is -4.86. The molecule has 6 rings (SSSR count). The monoisotopic (exact) mass is 738 g/mol. The number of nitrogens with two attached hydrogens (primary N) is 1. The lowest BCUT2D eigenvalue weighted by Gasteiger charge is -2.35. The second kappa shape index (κ2) is 14.3. The lowest BCUT2D eigenvalue weighted by Crippen LogP contribution is -2.43. The minimum atomic E-state index is -0.530. The maximum absolute atomic E-state index is 15.1. The standard InChI is InChI=1S/C41H44Cl2N6O3/c1-21-15-27-19-33(40(44)50)47(9)37(27)32(16-21)48-20-24(4)49-38-30(12-13-31(42)35(38)34(25(5)45-7)26(6)46-8)29(39(49)41(48)51)11-10-14-52-28-17-22(2)36(43)23(3)18-28/h12-13,15-19,24H,7,10-11,14,20H2,1-6,8-9H3,(H2,44,50)/b34-25+,46-26-/t24-/m1/s1. The van der Waals surface area contributed by atoms with Crippen molar-refractivity contribution in [3.63, 3.8) is 0 Å². The first-order chi connectivity index (χ1) is 24.7. The second-order valence-corrected chi connectivity index (χ2v) is 14.5. The Kier molecular flexibility index (Phi) is 10.1. The molecule has 3 aromatic carbocycles. The Morgan fingerprint density at radius 1 is 1.06 bits per heavy atom. The molecule has 0 saturated heterocycles. The van der Waals surface area contributed by atoms with Gasteiger partial charge in [0.15, 0.2) is 0 Å². The number of ether oxygens (including phenoxy) is 1. The van der Waals surface area contributed by atoms with Crippen LogP contribution in [0.5, 0.6) is 5.75 Å². The summed E-state index contributed by atoms with van der Waals surface area (Å²) in [4.78, 5) is 38.2. The highest BCUT2D eigenvalue weighted by atomic mass is 35.5. The number of hydrogen-bond donors (Lipinski definition) is 1. The Morgan fingerprint density at radius 3 is 2.38 bits per heavy atom. The van der Waals surface area contributed by atoms with Crippen molar-refractivity contribution < 1.29 is 14.3 Å². The van der Waals surface area contributed by atoms with Gasteiger partial charge in [0.2, 0.25) is 0 Å². The molecule has 0 aliphatic carbocycles. The van der Waals surface area contributed by atoms with E-state index in [-0.39, 0.29) is 11.9 Å². The number of anilines is 1. The second-order valence-electron chi connectivity index (χ2n) is 13.7. The average Bonchev–Trinajstić information content (AvgIpc) is 3.62. The summed E-state index contributed by atoms with van der Waals surface area (Å²) >= 11 is 13.5. The van der Waals surface area contributed by atoms with Crippen molar-refractivity contribution in [2.45, 2.75) is 60.4 Å². The summed E-state index contributed by atoms with van der Waals surface area (Å²) < 4.78 is 10.1. The van der Waals surface area contributed by atoms with Crippen LogP contribution in [0.1, 0.15) is 82.0 Å². The quantitative estimate of drug-likeness (QED) is 0.114. The van der Waals surface area contributed by atoms with Crippen molar-refractivity contribution in [1.82, 2.24) is 9.13 Å². The highest BCUT2D eigenvalue weighted by Crippen LogP contribution is 2.44. The van der Waals surface area contributed by atoms with Crippen LogP contribution in [0.3, 0.4) is 0 Å². The minimum Gasteiger partial charge on any atom is -0.494 e. The van der Waals surface area contributed by atoms with Gasteiger partial charge >= 0.3 is 0 Å². The van der Waals surface area contributed by atoms with Crippen molar-refractivity contribution in [3.8, 4) is 5.75 Å². The van der Waals surface area contributed by atoms with Crippen molar-refractivity contribution >= 4 is 80.5 Å². The van der Waals surface area contributed by atoms with Gasteiger partial charge in [0, 0.05) is 65.0 Å². The lowest BCUT2D eigenvalue weighted by atomic mass is 9.95. The van der Waals surface area contributed by atoms with Crippen molar-refractivity contribution in [2.24, 2.45) is 22.8 Å². The number of rotatable bonds is 10. The van der Waals surface area contributed by atoms with Gasteiger partial charge in [-0.25, -0.2) is 0 Å². The minimum absolute atomic E-state index is 0.144. The van der Waals surface area contributed by atoms with Gasteiger partial charge in [-0.1, -0.05) is 29.3 Å². The first-order valence-electron chi connectivity index (χ1n) is 17.3. The Bertz CT molecular complexity index is 2360. The summed E-state index contributed by atoms with van der Waals surface area (Å²) in [5, 5.41) is 3.03. The molecule has 5 aromatic rings. The molecular formula is C41H44Cl2N6O3. The molecule has 1 aliphatic rings. The lowest BCUT2D eigenvalue weighted by molar-refractivity contribution is 0.0956. The molecule has 2 amide bonds. The molecule has 0 spiro atoms. The fraction of sp³-hybridized carbons (Fsp3) is 0.317. The van der Waals surface area contributed by atoms with Crippen LogP contribution >= 0.6 is 23.2 Å². The van der Waals surface area contributed by atoms with E-state index in [1.165, 1.54) is 0 Å². The number of amides is 2. The van der Waals surface area contributed by atoms with E-state index < -0.39 is 5.91 Å². The van der Waals surface area contributed by atoms with E-state index in [4.69, 9.17) is 33.7 Å². The molecule has 0 saturated carbocycles. The summed E-state index contributed by atoms with van der Waals surface area (Å²) in [6.45, 7) is 16.5. The zero-order chi connectivity index (χ0) is 37.8. The van der Waals surface area contributed by atoms with E-state index in [0.717, 1.165) is 77.4 Å². The molecule has 2 N–H and O–H groups in total. The molecule has 3 heterocycles. The molecule has 270 valence electrons. The topological polar surface area (TPSA) is 107 Å². The third-order valence-corrected chi connectivity index (χ3v) is 11.1. The summed E-state index contributed by atoms with van der Waals surface area (Å²) in [5.41, 5.74) is 15.8. The zero-order valence-electron chi connectivity index (χ0n) is 30.9. The van der Waals surface area contributed by atoms with Gasteiger partial charge < -0.3 is 24.5 Å². The van der Waals surface area contributed by atoms with Gasteiger partial charge in [0.25, 0.3) is 11.8 Å². The molecule has 52 heavy (non-hydrogen) atoms. The number of aromatic nitrogens is 2. The zero-order valence-corrected chi connectivity index (χ0v) is 32.5. The predicted molar refractivity (Wildman–Crippen MR) is 215 cm³/mol. The largest absolute Gasteiger partial charge is 0.494 e. The van der Waals surface area contributed by atoms with Gasteiger partial charge in [0.1, 0.15) is 17.1 Å². The van der Waals surface area contributed by atoms with Crippen LogP contribution in [0, 0.1) is 20.8 Å². The summed E-state index contributed by atoms with van der Waals surface area (Å²) in [7, 11) is 3.54. The Balaban J connectivity index is 1.55. The first-order valence-corrected chi connectivity index (χ1v) is 18.0. The van der Waals surface area contributed by atoms with Gasteiger partial charge in [-0.05, 0) is 120 Å². The van der Waals surface area contributed by atoms with Crippen LogP contribution in [-0.2, 0) is 13.5 Å². The highest BCUT2D eigenvalue weighted by molar-refractivity contribution is 6.38. The fourth-order valence-electron chi connectivity index (χ4n) is 7.69.